The second-order valence-corrected chi connectivity index (χ2v) is 11.2. The maximum Gasteiger partial charge on any atom is 0.282 e. The maximum atomic E-state index is 11.5. The molecule has 1 N–H and O–H groups in total. The fourth-order valence-corrected chi connectivity index (χ4v) is 7.65. The highest BCUT2D eigenvalue weighted by atomic mass is 35.5. The number of nitro benzene ring substituents is 1. The van der Waals surface area contributed by atoms with Crippen LogP contribution in [0.25, 0.3) is 0 Å². The van der Waals surface area contributed by atoms with Crippen LogP contribution in [0.5, 0.6) is 0 Å². The topological polar surface area (TPSA) is 55.2 Å². The molecule has 2 aliphatic rings. The molecule has 1 saturated carbocycles. The molecule has 3 aromatic carbocycles. The zero-order valence-electron chi connectivity index (χ0n) is 17.1. The maximum absolute atomic E-state index is 11.5. The van der Waals surface area contributed by atoms with Gasteiger partial charge in [0.15, 0.2) is 0 Å². The summed E-state index contributed by atoms with van der Waals surface area (Å²) in [5.41, 5.74) is 2.90. The van der Waals surface area contributed by atoms with Crippen LogP contribution >= 0.6 is 58.2 Å². The molecule has 0 bridgehead atoms. The molecule has 0 aromatic heterocycles. The van der Waals surface area contributed by atoms with Crippen molar-refractivity contribution in [2.45, 2.75) is 33.9 Å². The Labute approximate surface area is 215 Å². The molecule has 0 spiro atoms. The molecule has 1 aliphatic carbocycles. The van der Waals surface area contributed by atoms with E-state index < -0.39 is 0 Å². The number of para-hydroxylation sites is 2. The first-order valence-electron chi connectivity index (χ1n) is 10.4. The van der Waals surface area contributed by atoms with Crippen molar-refractivity contribution >= 4 is 69.5 Å². The number of nitro groups is 1. The van der Waals surface area contributed by atoms with E-state index in [9.17, 15) is 10.1 Å². The van der Waals surface area contributed by atoms with Crippen molar-refractivity contribution in [2.24, 2.45) is 5.92 Å². The molecule has 5 atom stereocenters. The Morgan fingerprint density at radius 1 is 0.939 bits per heavy atom. The fourth-order valence-electron chi connectivity index (χ4n) is 5.04. The van der Waals surface area contributed by atoms with Crippen LogP contribution < -0.4 is 5.32 Å². The molecule has 9 heteroatoms. The lowest BCUT2D eigenvalue weighted by Gasteiger charge is -2.39. The van der Waals surface area contributed by atoms with Crippen molar-refractivity contribution in [3.63, 3.8) is 0 Å². The van der Waals surface area contributed by atoms with Gasteiger partial charge in [0.05, 0.1) is 42.0 Å². The van der Waals surface area contributed by atoms with Crippen LogP contribution in [0.4, 0.5) is 11.4 Å². The molecule has 170 valence electrons. The molecule has 1 heterocycles. The Hall–Kier alpha value is -1.63. The van der Waals surface area contributed by atoms with Crippen molar-refractivity contribution < 1.29 is 4.92 Å². The summed E-state index contributed by atoms with van der Waals surface area (Å²) in [4.78, 5) is 11.8. The van der Waals surface area contributed by atoms with Crippen LogP contribution in [0.3, 0.4) is 0 Å². The number of thioether (sulfide) groups is 1. The van der Waals surface area contributed by atoms with Crippen molar-refractivity contribution in [3.05, 3.63) is 97.0 Å². The van der Waals surface area contributed by atoms with E-state index >= 15 is 0 Å². The summed E-state index contributed by atoms with van der Waals surface area (Å²) in [6, 6.07) is 18.1. The minimum absolute atomic E-state index is 0.00179. The minimum Gasteiger partial charge on any atom is -0.376 e. The number of rotatable bonds is 4. The van der Waals surface area contributed by atoms with Gasteiger partial charge in [-0.05, 0) is 41.7 Å². The number of fused-ring (bicyclic) bond motifs is 3. The summed E-state index contributed by atoms with van der Waals surface area (Å²) in [6.45, 7) is 0. The lowest BCUT2D eigenvalue weighted by molar-refractivity contribution is -0.387. The first-order chi connectivity index (χ1) is 15.9. The average molecular weight is 540 g/mol. The molecule has 5 rings (SSSR count). The number of alkyl halides is 1. The minimum atomic E-state index is -0.348. The highest BCUT2D eigenvalue weighted by Gasteiger charge is 2.51. The largest absolute Gasteiger partial charge is 0.376 e. The number of hydrogen-bond donors (Lipinski definition) is 1. The van der Waals surface area contributed by atoms with E-state index in [2.05, 4.69) is 11.4 Å². The Kier molecular flexibility index (Phi) is 6.45. The second-order valence-electron chi connectivity index (χ2n) is 8.22. The third-order valence-electron chi connectivity index (χ3n) is 6.45. The molecule has 1 aliphatic heterocycles. The van der Waals surface area contributed by atoms with E-state index in [4.69, 9.17) is 46.4 Å². The third-order valence-corrected chi connectivity index (χ3v) is 9.71. The molecule has 33 heavy (non-hydrogen) atoms. The zero-order valence-corrected chi connectivity index (χ0v) is 20.9. The second kappa shape index (κ2) is 9.20. The van der Waals surface area contributed by atoms with E-state index in [1.807, 2.05) is 30.3 Å². The van der Waals surface area contributed by atoms with Crippen LogP contribution in [0.1, 0.15) is 29.5 Å². The zero-order chi connectivity index (χ0) is 23.3. The average Bonchev–Trinajstić information content (AvgIpc) is 3.12. The summed E-state index contributed by atoms with van der Waals surface area (Å²) in [6.07, 6.45) is 0.752. The number of nitrogens with zero attached hydrogens (tertiary/aromatic N) is 1. The van der Waals surface area contributed by atoms with Gasteiger partial charge in [-0.2, -0.15) is 0 Å². The summed E-state index contributed by atoms with van der Waals surface area (Å²) < 4.78 is 0. The standard InChI is InChI=1S/C24H18Cl4N2O2S/c25-15-7-4-6-13(21(15)27)23-14-11-19(33-18-10-2-1-9-17(18)30(31)32)22(28)20(14)12-5-3-8-16(26)24(12)29-23/h1-10,14,19-20,22-23,29H,11H2. The monoisotopic (exact) mass is 538 g/mol. The normalized spacial score (nSPS) is 25.8. The van der Waals surface area contributed by atoms with Gasteiger partial charge in [0.1, 0.15) is 0 Å². The molecule has 1 fully saturated rings. The predicted molar refractivity (Wildman–Crippen MR) is 138 cm³/mol. The van der Waals surface area contributed by atoms with Crippen LogP contribution in [-0.2, 0) is 0 Å². The van der Waals surface area contributed by atoms with Crippen molar-refractivity contribution in [1.29, 1.82) is 0 Å². The molecule has 0 saturated heterocycles. The number of benzene rings is 3. The van der Waals surface area contributed by atoms with E-state index in [1.165, 1.54) is 17.8 Å². The highest BCUT2D eigenvalue weighted by Crippen LogP contribution is 2.59. The van der Waals surface area contributed by atoms with Crippen LogP contribution in [0.2, 0.25) is 15.1 Å². The highest BCUT2D eigenvalue weighted by molar-refractivity contribution is 8.00. The van der Waals surface area contributed by atoms with Gasteiger partial charge in [0, 0.05) is 17.2 Å². The summed E-state index contributed by atoms with van der Waals surface area (Å²) in [5.74, 6) is 0.108. The van der Waals surface area contributed by atoms with E-state index in [-0.39, 0.29) is 39.1 Å². The van der Waals surface area contributed by atoms with Gasteiger partial charge in [-0.3, -0.25) is 10.1 Å². The predicted octanol–water partition coefficient (Wildman–Crippen LogP) is 8.59. The molecular weight excluding hydrogens is 522 g/mol. The van der Waals surface area contributed by atoms with Crippen LogP contribution in [0, 0.1) is 16.0 Å². The smallest absolute Gasteiger partial charge is 0.282 e. The lowest BCUT2D eigenvalue weighted by Crippen LogP contribution is -2.31. The van der Waals surface area contributed by atoms with E-state index in [1.54, 1.807) is 18.2 Å². The summed E-state index contributed by atoms with van der Waals surface area (Å²) in [5, 5.41) is 16.5. The van der Waals surface area contributed by atoms with Crippen molar-refractivity contribution in [3.8, 4) is 0 Å². The van der Waals surface area contributed by atoms with Gasteiger partial charge in [-0.25, -0.2) is 0 Å². The SMILES string of the molecule is O=[N+]([O-])c1ccccc1SC1CC2C(c3cccc(Cl)c3Cl)Nc3c(Cl)cccc3C2C1Cl. The van der Waals surface area contributed by atoms with E-state index in [0.29, 0.717) is 20.0 Å². The van der Waals surface area contributed by atoms with Gasteiger partial charge in [0.25, 0.3) is 5.69 Å². The van der Waals surface area contributed by atoms with Gasteiger partial charge < -0.3 is 5.32 Å². The third kappa shape index (κ3) is 4.08. The first-order valence-corrected chi connectivity index (χ1v) is 12.8. The quantitative estimate of drug-likeness (QED) is 0.205. The molecular formula is C24H18Cl4N2O2S. The fraction of sp³-hybridized carbons (Fsp3) is 0.250. The molecule has 3 aromatic rings. The lowest BCUT2D eigenvalue weighted by atomic mass is 9.77. The number of halogens is 4. The molecule has 4 nitrogen and oxygen atoms in total. The van der Waals surface area contributed by atoms with E-state index in [0.717, 1.165) is 23.2 Å². The Morgan fingerprint density at radius 2 is 1.64 bits per heavy atom. The molecule has 0 radical (unpaired) electrons. The first kappa shape index (κ1) is 23.1. The Balaban J connectivity index is 1.57. The van der Waals surface area contributed by atoms with Crippen LogP contribution in [-0.4, -0.2) is 15.6 Å². The number of anilines is 1. The van der Waals surface area contributed by atoms with Gasteiger partial charge in [-0.1, -0.05) is 71.2 Å². The van der Waals surface area contributed by atoms with Gasteiger partial charge >= 0.3 is 0 Å². The van der Waals surface area contributed by atoms with Crippen molar-refractivity contribution in [2.75, 3.05) is 5.32 Å². The molecule has 0 amide bonds. The Bertz CT molecular complexity index is 1240. The summed E-state index contributed by atoms with van der Waals surface area (Å²) >= 11 is 28.1. The number of hydrogen-bond acceptors (Lipinski definition) is 4. The van der Waals surface area contributed by atoms with Crippen molar-refractivity contribution in [1.82, 2.24) is 0 Å². The van der Waals surface area contributed by atoms with Gasteiger partial charge in [-0.15, -0.1) is 23.4 Å². The number of nitrogens with one attached hydrogen (secondary N) is 1. The summed E-state index contributed by atoms with van der Waals surface area (Å²) in [7, 11) is 0. The van der Waals surface area contributed by atoms with Gasteiger partial charge in [0.2, 0.25) is 0 Å². The Morgan fingerprint density at radius 3 is 2.39 bits per heavy atom. The van der Waals surface area contributed by atoms with Crippen LogP contribution in [0.15, 0.2) is 65.6 Å². The molecule has 5 unspecified atom stereocenters.